The lowest BCUT2D eigenvalue weighted by atomic mass is 10.1. The number of nitrogens with one attached hydrogen (secondary N) is 1. The minimum atomic E-state index is 0.389. The molecule has 0 spiro atoms. The molecular weight excluding hydrogens is 410 g/mol. The zero-order valence-corrected chi connectivity index (χ0v) is 17.6. The van der Waals surface area contributed by atoms with Gasteiger partial charge in [0.15, 0.2) is 0 Å². The molecule has 148 valence electrons. The van der Waals surface area contributed by atoms with Crippen LogP contribution in [0, 0.1) is 11.3 Å². The molecule has 3 aromatic rings. The number of aromatic nitrogens is 1. The molecule has 1 N–H and O–H groups in total. The van der Waals surface area contributed by atoms with Crippen LogP contribution in [0.4, 0.5) is 5.69 Å². The van der Waals surface area contributed by atoms with E-state index in [1.54, 1.807) is 32.6 Å². The maximum Gasteiger partial charge on any atom is 0.144 e. The summed E-state index contributed by atoms with van der Waals surface area (Å²) in [7, 11) is 4.69. The summed E-state index contributed by atoms with van der Waals surface area (Å²) in [6.45, 7) is 0. The first-order valence-corrected chi connectivity index (χ1v) is 9.74. The van der Waals surface area contributed by atoms with E-state index in [1.807, 2.05) is 29.6 Å². The third-order valence-electron chi connectivity index (χ3n) is 4.07. The summed E-state index contributed by atoms with van der Waals surface area (Å²) in [6, 6.07) is 13.1. The molecule has 0 radical (unpaired) electrons. The van der Waals surface area contributed by atoms with Crippen LogP contribution in [0.15, 0.2) is 48.0 Å². The standard InChI is InChI=1S/C21H18ClN3O3S/c1-26-15-6-4-5-13(7-15)18-12-29-21(25-18)14(10-23)11-24-17-9-19(27-2)16(22)8-20(17)28-3/h4-9,11-12,24H,1-3H3/b14-11-. The molecule has 1 heterocycles. The SMILES string of the molecule is COc1cccc(-c2csc(/C(C#N)=C\Nc3cc(OC)c(Cl)cc3OC)n2)c1. The highest BCUT2D eigenvalue weighted by atomic mass is 35.5. The molecule has 0 amide bonds. The van der Waals surface area contributed by atoms with E-state index in [0.717, 1.165) is 17.0 Å². The molecule has 0 aliphatic rings. The highest BCUT2D eigenvalue weighted by Gasteiger charge is 2.12. The summed E-state index contributed by atoms with van der Waals surface area (Å²) >= 11 is 7.52. The monoisotopic (exact) mass is 427 g/mol. The van der Waals surface area contributed by atoms with E-state index in [0.29, 0.717) is 32.8 Å². The largest absolute Gasteiger partial charge is 0.497 e. The predicted molar refractivity (Wildman–Crippen MR) is 116 cm³/mol. The molecule has 0 atom stereocenters. The summed E-state index contributed by atoms with van der Waals surface area (Å²) in [5.74, 6) is 1.77. The van der Waals surface area contributed by atoms with Crippen molar-refractivity contribution in [3.8, 4) is 34.6 Å². The van der Waals surface area contributed by atoms with Crippen molar-refractivity contribution in [2.24, 2.45) is 0 Å². The van der Waals surface area contributed by atoms with Gasteiger partial charge in [-0.25, -0.2) is 4.98 Å². The average Bonchev–Trinajstić information content (AvgIpc) is 3.24. The van der Waals surface area contributed by atoms with Gasteiger partial charge in [-0.2, -0.15) is 5.26 Å². The van der Waals surface area contributed by atoms with Crippen LogP contribution in [0.1, 0.15) is 5.01 Å². The van der Waals surface area contributed by atoms with Crippen LogP contribution in [0.25, 0.3) is 16.8 Å². The van der Waals surface area contributed by atoms with Crippen LogP contribution in [0.3, 0.4) is 0 Å². The second kappa shape index (κ2) is 9.32. The molecule has 0 aliphatic heterocycles. The van der Waals surface area contributed by atoms with Gasteiger partial charge in [0.25, 0.3) is 0 Å². The van der Waals surface area contributed by atoms with Gasteiger partial charge < -0.3 is 19.5 Å². The van der Waals surface area contributed by atoms with Gasteiger partial charge in [0.1, 0.15) is 33.9 Å². The minimum Gasteiger partial charge on any atom is -0.497 e. The number of allylic oxidation sites excluding steroid dienone is 1. The van der Waals surface area contributed by atoms with Crippen molar-refractivity contribution in [1.29, 1.82) is 5.26 Å². The number of nitriles is 1. The number of anilines is 1. The predicted octanol–water partition coefficient (Wildman–Crippen LogP) is 5.47. The Hall–Kier alpha value is -3.21. The van der Waals surface area contributed by atoms with Gasteiger partial charge in [-0.1, -0.05) is 23.7 Å². The zero-order valence-electron chi connectivity index (χ0n) is 16.0. The first kappa shape index (κ1) is 20.5. The van der Waals surface area contributed by atoms with E-state index < -0.39 is 0 Å². The molecule has 0 fully saturated rings. The van der Waals surface area contributed by atoms with Crippen molar-refractivity contribution in [3.05, 3.63) is 58.0 Å². The Morgan fingerprint density at radius 3 is 2.62 bits per heavy atom. The maximum atomic E-state index is 9.60. The molecule has 0 saturated heterocycles. The van der Waals surface area contributed by atoms with E-state index >= 15 is 0 Å². The van der Waals surface area contributed by atoms with E-state index in [4.69, 9.17) is 25.8 Å². The highest BCUT2D eigenvalue weighted by Crippen LogP contribution is 2.36. The summed E-state index contributed by atoms with van der Waals surface area (Å²) in [5, 5.41) is 15.6. The van der Waals surface area contributed by atoms with E-state index in [1.165, 1.54) is 18.4 Å². The Balaban J connectivity index is 1.88. The summed E-state index contributed by atoms with van der Waals surface area (Å²) in [4.78, 5) is 4.58. The fraction of sp³-hybridized carbons (Fsp3) is 0.143. The Bertz CT molecular complexity index is 1090. The Kier molecular flexibility index (Phi) is 6.60. The summed E-state index contributed by atoms with van der Waals surface area (Å²) < 4.78 is 15.8. The second-order valence-corrected chi connectivity index (χ2v) is 7.04. The molecule has 0 unspecified atom stereocenters. The number of nitrogens with zero attached hydrogens (tertiary/aromatic N) is 2. The average molecular weight is 428 g/mol. The van der Waals surface area contributed by atoms with Crippen LogP contribution in [0.2, 0.25) is 5.02 Å². The third kappa shape index (κ3) is 4.62. The molecule has 2 aromatic carbocycles. The van der Waals surface area contributed by atoms with E-state index in [-0.39, 0.29) is 0 Å². The van der Waals surface area contributed by atoms with Gasteiger partial charge in [0, 0.05) is 29.3 Å². The van der Waals surface area contributed by atoms with E-state index in [2.05, 4.69) is 16.4 Å². The van der Waals surface area contributed by atoms with Crippen molar-refractivity contribution in [2.75, 3.05) is 26.6 Å². The normalized spacial score (nSPS) is 10.9. The van der Waals surface area contributed by atoms with Crippen molar-refractivity contribution in [1.82, 2.24) is 4.98 Å². The Morgan fingerprint density at radius 1 is 1.14 bits per heavy atom. The third-order valence-corrected chi connectivity index (χ3v) is 5.24. The number of halogens is 1. The fourth-order valence-corrected chi connectivity index (χ4v) is 3.60. The van der Waals surface area contributed by atoms with Crippen LogP contribution in [0.5, 0.6) is 17.2 Å². The number of ether oxygens (including phenoxy) is 3. The van der Waals surface area contributed by atoms with Crippen molar-refractivity contribution in [2.45, 2.75) is 0 Å². The van der Waals surface area contributed by atoms with E-state index in [9.17, 15) is 5.26 Å². The molecule has 1 aromatic heterocycles. The van der Waals surface area contributed by atoms with Crippen molar-refractivity contribution >= 4 is 34.2 Å². The molecule has 0 aliphatic carbocycles. The minimum absolute atomic E-state index is 0.389. The molecule has 0 bridgehead atoms. The van der Waals surface area contributed by atoms with Gasteiger partial charge in [-0.15, -0.1) is 11.3 Å². The number of methoxy groups -OCH3 is 3. The fourth-order valence-electron chi connectivity index (χ4n) is 2.58. The summed E-state index contributed by atoms with van der Waals surface area (Å²) in [5.41, 5.74) is 2.70. The van der Waals surface area contributed by atoms with Gasteiger partial charge in [-0.3, -0.25) is 0 Å². The number of benzene rings is 2. The quantitative estimate of drug-likeness (QED) is 0.504. The van der Waals surface area contributed by atoms with Gasteiger partial charge >= 0.3 is 0 Å². The van der Waals surface area contributed by atoms with Crippen LogP contribution >= 0.6 is 22.9 Å². The maximum absolute atomic E-state index is 9.60. The van der Waals surface area contributed by atoms with Crippen LogP contribution < -0.4 is 19.5 Å². The first-order chi connectivity index (χ1) is 14.1. The topological polar surface area (TPSA) is 76.4 Å². The molecule has 29 heavy (non-hydrogen) atoms. The summed E-state index contributed by atoms with van der Waals surface area (Å²) in [6.07, 6.45) is 1.58. The first-order valence-electron chi connectivity index (χ1n) is 8.48. The van der Waals surface area contributed by atoms with Gasteiger partial charge in [0.05, 0.1) is 37.7 Å². The van der Waals surface area contributed by atoms with Crippen molar-refractivity contribution in [3.63, 3.8) is 0 Å². The number of hydrogen-bond donors (Lipinski definition) is 1. The van der Waals surface area contributed by atoms with Gasteiger partial charge in [0.2, 0.25) is 0 Å². The lowest BCUT2D eigenvalue weighted by Crippen LogP contribution is -1.96. The van der Waals surface area contributed by atoms with Crippen LogP contribution in [-0.4, -0.2) is 26.3 Å². The lowest BCUT2D eigenvalue weighted by Gasteiger charge is -2.12. The zero-order chi connectivity index (χ0) is 20.8. The molecule has 6 nitrogen and oxygen atoms in total. The van der Waals surface area contributed by atoms with Crippen molar-refractivity contribution < 1.29 is 14.2 Å². The Morgan fingerprint density at radius 2 is 1.93 bits per heavy atom. The number of rotatable bonds is 7. The van der Waals surface area contributed by atoms with Crippen LogP contribution in [-0.2, 0) is 0 Å². The molecule has 0 saturated carbocycles. The Labute approximate surface area is 177 Å². The van der Waals surface area contributed by atoms with Gasteiger partial charge in [-0.05, 0) is 12.1 Å². The smallest absolute Gasteiger partial charge is 0.144 e. The molecule has 3 rings (SSSR count). The number of hydrogen-bond acceptors (Lipinski definition) is 7. The highest BCUT2D eigenvalue weighted by molar-refractivity contribution is 7.11. The molecule has 8 heteroatoms. The second-order valence-electron chi connectivity index (χ2n) is 5.77. The number of thiazole rings is 1. The molecular formula is C21H18ClN3O3S. The lowest BCUT2D eigenvalue weighted by molar-refractivity contribution is 0.405.